The van der Waals surface area contributed by atoms with E-state index in [0.29, 0.717) is 18.9 Å². The number of carbonyl (C=O) groups is 2. The molecular weight excluding hydrogens is 286 g/mol. The fraction of sp³-hybridized carbons (Fsp3) is 0.467. The summed E-state index contributed by atoms with van der Waals surface area (Å²) < 4.78 is 10.6. The largest absolute Gasteiger partial charge is 0.492 e. The molecule has 0 aromatic heterocycles. The van der Waals surface area contributed by atoms with E-state index in [1.807, 2.05) is 0 Å². The van der Waals surface area contributed by atoms with Crippen molar-refractivity contribution in [3.8, 4) is 5.75 Å². The van der Waals surface area contributed by atoms with Crippen molar-refractivity contribution in [1.82, 2.24) is 10.7 Å². The van der Waals surface area contributed by atoms with Crippen molar-refractivity contribution < 1.29 is 19.1 Å². The number of benzene rings is 1. The summed E-state index contributed by atoms with van der Waals surface area (Å²) in [7, 11) is 0. The second-order valence-corrected chi connectivity index (χ2v) is 5.67. The highest BCUT2D eigenvalue weighted by atomic mass is 16.6. The number of hydrogen-bond acceptors (Lipinski definition) is 5. The molecule has 0 atom stereocenters. The molecule has 2 amide bonds. The van der Waals surface area contributed by atoms with Crippen molar-refractivity contribution >= 4 is 12.0 Å². The molecule has 0 unspecified atom stereocenters. The van der Waals surface area contributed by atoms with Crippen LogP contribution in [0.2, 0.25) is 0 Å². The summed E-state index contributed by atoms with van der Waals surface area (Å²) in [5, 5.41) is 2.60. The molecule has 0 saturated heterocycles. The minimum atomic E-state index is -0.525. The predicted octanol–water partition coefficient (Wildman–Crippen LogP) is 1.12. The summed E-state index contributed by atoms with van der Waals surface area (Å²) >= 11 is 0. The molecule has 0 aliphatic heterocycles. The van der Waals surface area contributed by atoms with Gasteiger partial charge < -0.3 is 14.8 Å². The number of rotatable bonds is 6. The van der Waals surface area contributed by atoms with Gasteiger partial charge >= 0.3 is 6.09 Å². The van der Waals surface area contributed by atoms with Crippen LogP contribution in [0.25, 0.3) is 0 Å². The van der Waals surface area contributed by atoms with E-state index in [1.165, 1.54) is 0 Å². The summed E-state index contributed by atoms with van der Waals surface area (Å²) in [5.74, 6) is 5.39. The van der Waals surface area contributed by atoms with Crippen LogP contribution < -0.4 is 21.3 Å². The Hall–Kier alpha value is -2.28. The molecule has 0 radical (unpaired) electrons. The maximum absolute atomic E-state index is 11.4. The number of amides is 2. The molecule has 7 nitrogen and oxygen atoms in total. The van der Waals surface area contributed by atoms with Gasteiger partial charge in [-0.2, -0.15) is 0 Å². The van der Waals surface area contributed by atoms with Gasteiger partial charge in [-0.05, 0) is 38.5 Å². The van der Waals surface area contributed by atoms with Crippen LogP contribution in [-0.4, -0.2) is 30.8 Å². The molecule has 0 heterocycles. The SMILES string of the molecule is CC(C)(C)OC(=O)NCCOc1cccc(CC(=O)NN)c1. The van der Waals surface area contributed by atoms with Crippen LogP contribution in [0.1, 0.15) is 26.3 Å². The lowest BCUT2D eigenvalue weighted by molar-refractivity contribution is -0.120. The Morgan fingerprint density at radius 3 is 2.64 bits per heavy atom. The van der Waals surface area contributed by atoms with Crippen LogP contribution in [0, 0.1) is 0 Å². The predicted molar refractivity (Wildman–Crippen MR) is 82.2 cm³/mol. The van der Waals surface area contributed by atoms with Crippen molar-refractivity contribution in [1.29, 1.82) is 0 Å². The third-order valence-electron chi connectivity index (χ3n) is 2.46. The molecule has 1 aromatic carbocycles. The van der Waals surface area contributed by atoms with Crippen LogP contribution in [-0.2, 0) is 16.0 Å². The normalized spacial score (nSPS) is 10.7. The minimum absolute atomic E-state index is 0.184. The van der Waals surface area contributed by atoms with E-state index in [2.05, 4.69) is 10.7 Å². The molecular formula is C15H23N3O4. The van der Waals surface area contributed by atoms with Gasteiger partial charge in [-0.1, -0.05) is 12.1 Å². The number of hydrogen-bond donors (Lipinski definition) is 3. The van der Waals surface area contributed by atoms with Gasteiger partial charge in [-0.15, -0.1) is 0 Å². The highest BCUT2D eigenvalue weighted by Gasteiger charge is 2.15. The van der Waals surface area contributed by atoms with Crippen molar-refractivity contribution in [3.05, 3.63) is 29.8 Å². The topological polar surface area (TPSA) is 103 Å². The number of nitrogens with two attached hydrogens (primary N) is 1. The summed E-state index contributed by atoms with van der Waals surface area (Å²) in [6.45, 7) is 6.01. The van der Waals surface area contributed by atoms with Crippen LogP contribution in [0.5, 0.6) is 5.75 Å². The van der Waals surface area contributed by atoms with Crippen molar-refractivity contribution in [3.63, 3.8) is 0 Å². The summed E-state index contributed by atoms with van der Waals surface area (Å²) in [4.78, 5) is 22.6. The number of nitrogens with one attached hydrogen (secondary N) is 2. The molecule has 0 aliphatic rings. The molecule has 1 aromatic rings. The van der Waals surface area contributed by atoms with E-state index in [0.717, 1.165) is 5.56 Å². The van der Waals surface area contributed by atoms with E-state index < -0.39 is 11.7 Å². The number of hydrazine groups is 1. The van der Waals surface area contributed by atoms with Crippen molar-refractivity contribution in [2.75, 3.05) is 13.2 Å². The first kappa shape index (κ1) is 17.8. The number of alkyl carbamates (subject to hydrolysis) is 1. The second-order valence-electron chi connectivity index (χ2n) is 5.67. The average Bonchev–Trinajstić information content (AvgIpc) is 2.42. The molecule has 0 fully saturated rings. The fourth-order valence-electron chi connectivity index (χ4n) is 1.62. The Morgan fingerprint density at radius 2 is 2.00 bits per heavy atom. The first-order chi connectivity index (χ1) is 10.3. The van der Waals surface area contributed by atoms with E-state index in [4.69, 9.17) is 15.3 Å². The molecule has 0 bridgehead atoms. The van der Waals surface area contributed by atoms with Crippen LogP contribution in [0.4, 0.5) is 4.79 Å². The van der Waals surface area contributed by atoms with E-state index in [9.17, 15) is 9.59 Å². The Labute approximate surface area is 130 Å². The smallest absolute Gasteiger partial charge is 0.407 e. The molecule has 0 saturated carbocycles. The molecule has 122 valence electrons. The van der Waals surface area contributed by atoms with Gasteiger partial charge in [0.15, 0.2) is 0 Å². The van der Waals surface area contributed by atoms with Crippen LogP contribution >= 0.6 is 0 Å². The maximum Gasteiger partial charge on any atom is 0.407 e. The molecule has 22 heavy (non-hydrogen) atoms. The minimum Gasteiger partial charge on any atom is -0.492 e. The molecule has 4 N–H and O–H groups in total. The zero-order valence-corrected chi connectivity index (χ0v) is 13.1. The highest BCUT2D eigenvalue weighted by molar-refractivity contribution is 5.77. The number of ether oxygens (including phenoxy) is 2. The van der Waals surface area contributed by atoms with Gasteiger partial charge in [-0.3, -0.25) is 10.2 Å². The van der Waals surface area contributed by atoms with Crippen LogP contribution in [0.3, 0.4) is 0 Å². The lowest BCUT2D eigenvalue weighted by Gasteiger charge is -2.19. The Kier molecular flexibility index (Phi) is 6.65. The zero-order valence-electron chi connectivity index (χ0n) is 13.1. The van der Waals surface area contributed by atoms with Gasteiger partial charge in [0.2, 0.25) is 5.91 Å². The lowest BCUT2D eigenvalue weighted by atomic mass is 10.1. The highest BCUT2D eigenvalue weighted by Crippen LogP contribution is 2.13. The quantitative estimate of drug-likeness (QED) is 0.316. The van der Waals surface area contributed by atoms with Crippen molar-refractivity contribution in [2.45, 2.75) is 32.8 Å². The van der Waals surface area contributed by atoms with E-state index >= 15 is 0 Å². The Morgan fingerprint density at radius 1 is 1.27 bits per heavy atom. The van der Waals surface area contributed by atoms with Crippen LogP contribution in [0.15, 0.2) is 24.3 Å². The molecule has 1 rings (SSSR count). The third kappa shape index (κ3) is 7.49. The monoisotopic (exact) mass is 309 g/mol. The van der Waals surface area contributed by atoms with E-state index in [-0.39, 0.29) is 12.3 Å². The zero-order chi connectivity index (χ0) is 16.6. The third-order valence-corrected chi connectivity index (χ3v) is 2.46. The first-order valence-corrected chi connectivity index (χ1v) is 6.98. The second kappa shape index (κ2) is 8.23. The first-order valence-electron chi connectivity index (χ1n) is 6.98. The van der Waals surface area contributed by atoms with Gasteiger partial charge in [-0.25, -0.2) is 10.6 Å². The Bertz CT molecular complexity index is 512. The van der Waals surface area contributed by atoms with Gasteiger partial charge in [0, 0.05) is 0 Å². The molecule has 0 spiro atoms. The lowest BCUT2D eigenvalue weighted by Crippen LogP contribution is -2.34. The van der Waals surface area contributed by atoms with Gasteiger partial charge in [0.05, 0.1) is 13.0 Å². The molecule has 7 heteroatoms. The van der Waals surface area contributed by atoms with Gasteiger partial charge in [0.25, 0.3) is 0 Å². The maximum atomic E-state index is 11.4. The summed E-state index contributed by atoms with van der Waals surface area (Å²) in [5.41, 5.74) is 2.34. The van der Waals surface area contributed by atoms with E-state index in [1.54, 1.807) is 45.0 Å². The van der Waals surface area contributed by atoms with Gasteiger partial charge in [0.1, 0.15) is 18.0 Å². The Balaban J connectivity index is 2.35. The molecule has 0 aliphatic carbocycles. The number of carbonyl (C=O) groups excluding carboxylic acids is 2. The van der Waals surface area contributed by atoms with Crippen molar-refractivity contribution in [2.24, 2.45) is 5.84 Å². The summed E-state index contributed by atoms with van der Waals surface area (Å²) in [6, 6.07) is 7.12. The average molecular weight is 309 g/mol. The fourth-order valence-corrected chi connectivity index (χ4v) is 1.62. The standard InChI is InChI=1S/C15H23N3O4/c1-15(2,3)22-14(20)17-7-8-21-12-6-4-5-11(9-12)10-13(19)18-16/h4-6,9H,7-8,10,16H2,1-3H3,(H,17,20)(H,18,19). The summed E-state index contributed by atoms with van der Waals surface area (Å²) in [6.07, 6.45) is -0.298.